The van der Waals surface area contributed by atoms with Gasteiger partial charge >= 0.3 is 0 Å². The number of carbonyl (C=O) groups is 1. The van der Waals surface area contributed by atoms with Crippen molar-refractivity contribution in [1.82, 2.24) is 0 Å². The fourth-order valence-electron chi connectivity index (χ4n) is 2.45. The quantitative estimate of drug-likeness (QED) is 0.847. The molecular formula is C14H11F2NO4S. The van der Waals surface area contributed by atoms with E-state index in [-0.39, 0.29) is 17.3 Å². The number of halogens is 2. The van der Waals surface area contributed by atoms with Crippen LogP contribution in [0.1, 0.15) is 35.2 Å². The summed E-state index contributed by atoms with van der Waals surface area (Å²) >= 11 is 0. The molecule has 1 aromatic carbocycles. The second kappa shape index (κ2) is 4.74. The zero-order valence-electron chi connectivity index (χ0n) is 11.3. The van der Waals surface area contributed by atoms with Gasteiger partial charge in [0.2, 0.25) is 0 Å². The minimum absolute atomic E-state index is 0.0526. The first-order chi connectivity index (χ1) is 10.3. The normalized spacial score (nSPS) is 20.5. The van der Waals surface area contributed by atoms with Crippen LogP contribution in [-0.2, 0) is 9.84 Å². The number of alkyl halides is 2. The third-order valence-corrected chi connectivity index (χ3v) is 5.57. The van der Waals surface area contributed by atoms with Crippen LogP contribution in [0.4, 0.5) is 8.78 Å². The Morgan fingerprint density at radius 1 is 1.36 bits per heavy atom. The Morgan fingerprint density at radius 2 is 2.05 bits per heavy atom. The third kappa shape index (κ3) is 2.25. The number of ether oxygens (including phenoxy) is 1. The number of fused-ring (bicyclic) bond motifs is 1. The van der Waals surface area contributed by atoms with E-state index in [0.29, 0.717) is 12.8 Å². The lowest BCUT2D eigenvalue weighted by atomic mass is 10.0. The Hall–Kier alpha value is -2.01. The van der Waals surface area contributed by atoms with Crippen LogP contribution in [0.5, 0.6) is 5.75 Å². The van der Waals surface area contributed by atoms with Crippen molar-refractivity contribution < 1.29 is 26.7 Å². The number of nitrogens with zero attached hydrogens (tertiary/aromatic N) is 1. The molecule has 0 spiro atoms. The summed E-state index contributed by atoms with van der Waals surface area (Å²) in [6.45, 7) is -0.0526. The second-order valence-corrected chi connectivity index (χ2v) is 7.47. The Balaban J connectivity index is 2.04. The molecule has 0 amide bonds. The van der Waals surface area contributed by atoms with E-state index >= 15 is 0 Å². The summed E-state index contributed by atoms with van der Waals surface area (Å²) in [5, 5.41) is 8.97. The Morgan fingerprint density at radius 3 is 2.59 bits per heavy atom. The first-order valence-electron chi connectivity index (χ1n) is 6.55. The Bertz CT molecular complexity index is 807. The average Bonchev–Trinajstić information content (AvgIpc) is 3.19. The topological polar surface area (TPSA) is 84.2 Å². The van der Waals surface area contributed by atoms with Crippen molar-refractivity contribution in [2.45, 2.75) is 24.2 Å². The molecule has 2 aliphatic rings. The predicted molar refractivity (Wildman–Crippen MR) is 70.6 cm³/mol. The van der Waals surface area contributed by atoms with Gasteiger partial charge in [-0.1, -0.05) is 0 Å². The summed E-state index contributed by atoms with van der Waals surface area (Å²) in [7, 11) is -3.85. The first-order valence-corrected chi connectivity index (χ1v) is 8.20. The molecule has 3 rings (SSSR count). The molecule has 1 aromatic rings. The second-order valence-electron chi connectivity index (χ2n) is 5.51. The van der Waals surface area contributed by atoms with Crippen molar-refractivity contribution in [3.8, 4) is 11.8 Å². The van der Waals surface area contributed by atoms with Crippen molar-refractivity contribution in [2.24, 2.45) is 5.41 Å². The molecule has 0 radical (unpaired) electrons. The summed E-state index contributed by atoms with van der Waals surface area (Å²) in [4.78, 5) is 11.4. The van der Waals surface area contributed by atoms with Crippen molar-refractivity contribution in [3.05, 3.63) is 23.3 Å². The van der Waals surface area contributed by atoms with Crippen LogP contribution in [0.3, 0.4) is 0 Å². The fourth-order valence-corrected chi connectivity index (χ4v) is 3.90. The van der Waals surface area contributed by atoms with E-state index < -0.39 is 44.3 Å². The van der Waals surface area contributed by atoms with E-state index in [2.05, 4.69) is 6.07 Å². The molecule has 0 aromatic heterocycles. The molecule has 1 saturated carbocycles. The van der Waals surface area contributed by atoms with Gasteiger partial charge in [0.05, 0.1) is 21.9 Å². The van der Waals surface area contributed by atoms with Crippen LogP contribution in [0.25, 0.3) is 0 Å². The minimum Gasteiger partial charge on any atom is -0.491 e. The van der Waals surface area contributed by atoms with Gasteiger partial charge < -0.3 is 4.74 Å². The van der Waals surface area contributed by atoms with Crippen molar-refractivity contribution in [3.63, 3.8) is 0 Å². The number of Topliss-reactive ketones (excluding diaryl/α,β-unsaturated/α-hetero) is 1. The van der Waals surface area contributed by atoms with Crippen LogP contribution >= 0.6 is 0 Å². The van der Waals surface area contributed by atoms with Crippen LogP contribution in [0, 0.1) is 16.7 Å². The van der Waals surface area contributed by atoms with Gasteiger partial charge in [0.25, 0.3) is 6.43 Å². The Kier molecular flexibility index (Phi) is 3.22. The van der Waals surface area contributed by atoms with Crippen molar-refractivity contribution in [1.29, 1.82) is 5.26 Å². The van der Waals surface area contributed by atoms with Gasteiger partial charge in [0.1, 0.15) is 18.1 Å². The smallest absolute Gasteiger partial charge is 0.268 e. The van der Waals surface area contributed by atoms with Gasteiger partial charge in [-0.3, -0.25) is 4.79 Å². The zero-order chi connectivity index (χ0) is 16.1. The van der Waals surface area contributed by atoms with Gasteiger partial charge in [-0.25, -0.2) is 17.2 Å². The van der Waals surface area contributed by atoms with Gasteiger partial charge in [-0.05, 0) is 25.0 Å². The molecule has 8 heteroatoms. The number of nitriles is 1. The summed E-state index contributed by atoms with van der Waals surface area (Å²) in [5.41, 5.74) is -1.83. The van der Waals surface area contributed by atoms with Gasteiger partial charge in [-0.2, -0.15) is 5.26 Å². The molecule has 1 heterocycles. The average molecular weight is 327 g/mol. The van der Waals surface area contributed by atoms with Crippen LogP contribution in [0.2, 0.25) is 0 Å². The maximum Gasteiger partial charge on any atom is 0.268 e. The van der Waals surface area contributed by atoms with Gasteiger partial charge in [0, 0.05) is 5.56 Å². The number of ketones is 1. The highest BCUT2D eigenvalue weighted by Gasteiger charge is 2.45. The lowest BCUT2D eigenvalue weighted by molar-refractivity contribution is 0.0999. The van der Waals surface area contributed by atoms with Crippen LogP contribution in [-0.4, -0.2) is 26.6 Å². The number of hydrogen-bond acceptors (Lipinski definition) is 5. The monoisotopic (exact) mass is 327 g/mol. The lowest BCUT2D eigenvalue weighted by Gasteiger charge is -2.15. The van der Waals surface area contributed by atoms with Crippen LogP contribution < -0.4 is 4.74 Å². The fraction of sp³-hybridized carbons (Fsp3) is 0.429. The van der Waals surface area contributed by atoms with Gasteiger partial charge in [0.15, 0.2) is 15.6 Å². The molecular weight excluding hydrogens is 316 g/mol. The molecule has 0 bridgehead atoms. The van der Waals surface area contributed by atoms with E-state index in [4.69, 9.17) is 10.00 Å². The van der Waals surface area contributed by atoms with E-state index in [9.17, 15) is 22.0 Å². The van der Waals surface area contributed by atoms with E-state index in [1.54, 1.807) is 0 Å². The summed E-state index contributed by atoms with van der Waals surface area (Å²) in [5.74, 6) is -1.88. The highest BCUT2D eigenvalue weighted by atomic mass is 32.2. The highest BCUT2D eigenvalue weighted by Crippen LogP contribution is 2.46. The number of benzene rings is 1. The molecule has 0 atom stereocenters. The summed E-state index contributed by atoms with van der Waals surface area (Å²) in [6, 6.07) is 4.31. The molecule has 22 heavy (non-hydrogen) atoms. The van der Waals surface area contributed by atoms with Crippen molar-refractivity contribution in [2.75, 3.05) is 12.4 Å². The molecule has 0 N–H and O–H groups in total. The zero-order valence-corrected chi connectivity index (χ0v) is 12.1. The summed E-state index contributed by atoms with van der Waals surface area (Å²) < 4.78 is 55.5. The van der Waals surface area contributed by atoms with Gasteiger partial charge in [-0.15, -0.1) is 0 Å². The molecule has 1 aliphatic heterocycles. The maximum atomic E-state index is 13.3. The molecule has 0 saturated heterocycles. The first kappa shape index (κ1) is 14.9. The SMILES string of the molecule is N#CC1(COc2ccc3c(c2C(F)F)C(=O)CS3(=O)=O)CC1. The lowest BCUT2D eigenvalue weighted by Crippen LogP contribution is -2.13. The van der Waals surface area contributed by atoms with E-state index in [0.717, 1.165) is 12.1 Å². The molecule has 0 unspecified atom stereocenters. The Labute approximate surface area is 125 Å². The number of carbonyl (C=O) groups excluding carboxylic acids is 1. The molecule has 1 fully saturated rings. The number of sulfone groups is 1. The van der Waals surface area contributed by atoms with Crippen LogP contribution in [0.15, 0.2) is 17.0 Å². The molecule has 1 aliphatic carbocycles. The van der Waals surface area contributed by atoms with E-state index in [1.165, 1.54) is 0 Å². The summed E-state index contributed by atoms with van der Waals surface area (Å²) in [6.07, 6.45) is -1.78. The van der Waals surface area contributed by atoms with E-state index in [1.807, 2.05) is 0 Å². The minimum atomic E-state index is -3.85. The predicted octanol–water partition coefficient (Wildman–Crippen LogP) is 2.28. The molecule has 116 valence electrons. The number of hydrogen-bond donors (Lipinski definition) is 0. The number of rotatable bonds is 4. The maximum absolute atomic E-state index is 13.3. The van der Waals surface area contributed by atoms with Crippen molar-refractivity contribution >= 4 is 15.6 Å². The highest BCUT2D eigenvalue weighted by molar-refractivity contribution is 7.92. The third-order valence-electron chi connectivity index (χ3n) is 3.92. The standard InChI is InChI=1S/C14H11F2NO4S/c15-13(16)12-9(21-7-14(6-17)3-4-14)1-2-10-11(12)8(18)5-22(10,19)20/h1-2,13H,3-5,7H2. The molecule has 5 nitrogen and oxygen atoms in total. The largest absolute Gasteiger partial charge is 0.491 e.